The number of halogens is 3. The molecule has 1 aromatic rings. The van der Waals surface area contributed by atoms with Crippen LogP contribution in [-0.4, -0.2) is 54.0 Å². The summed E-state index contributed by atoms with van der Waals surface area (Å²) in [6.07, 6.45) is -3.94. The highest BCUT2D eigenvalue weighted by molar-refractivity contribution is 5.82. The topological polar surface area (TPSA) is 40.6 Å². The first-order chi connectivity index (χ1) is 10.8. The van der Waals surface area contributed by atoms with Crippen LogP contribution in [0.4, 0.5) is 13.2 Å². The van der Waals surface area contributed by atoms with Gasteiger partial charge in [-0.25, -0.2) is 0 Å². The first-order valence-electron chi connectivity index (χ1n) is 7.47. The molecule has 1 aliphatic rings. The minimum Gasteiger partial charge on any atom is -0.339 e. The lowest BCUT2D eigenvalue weighted by atomic mass is 10.1. The Morgan fingerprint density at radius 3 is 2.04 bits per heavy atom. The van der Waals surface area contributed by atoms with E-state index in [4.69, 9.17) is 0 Å². The van der Waals surface area contributed by atoms with Gasteiger partial charge in [0.2, 0.25) is 5.91 Å². The van der Waals surface area contributed by atoms with Gasteiger partial charge in [-0.2, -0.15) is 13.2 Å². The molecule has 2 amide bonds. The minimum atomic E-state index is -4.85. The average molecular weight is 328 g/mol. The van der Waals surface area contributed by atoms with Gasteiger partial charge in [-0.15, -0.1) is 0 Å². The maximum atomic E-state index is 12.4. The summed E-state index contributed by atoms with van der Waals surface area (Å²) < 4.78 is 37.1. The van der Waals surface area contributed by atoms with Gasteiger partial charge >= 0.3 is 12.1 Å². The summed E-state index contributed by atoms with van der Waals surface area (Å²) in [4.78, 5) is 25.5. The van der Waals surface area contributed by atoms with Crippen LogP contribution < -0.4 is 0 Å². The molecule has 0 saturated carbocycles. The van der Waals surface area contributed by atoms with Gasteiger partial charge in [0.25, 0.3) is 0 Å². The first kappa shape index (κ1) is 17.3. The molecule has 1 aromatic carbocycles. The van der Waals surface area contributed by atoms with Crippen molar-refractivity contribution in [1.29, 1.82) is 0 Å². The lowest BCUT2D eigenvalue weighted by molar-refractivity contribution is -0.187. The molecule has 0 aromatic heterocycles. The van der Waals surface area contributed by atoms with E-state index in [1.54, 1.807) is 0 Å². The van der Waals surface area contributed by atoms with Crippen molar-refractivity contribution in [2.24, 2.45) is 0 Å². The molecule has 0 N–H and O–H groups in total. The lowest BCUT2D eigenvalue weighted by Gasteiger charge is -2.35. The van der Waals surface area contributed by atoms with Gasteiger partial charge in [-0.05, 0) is 18.9 Å². The Labute approximate surface area is 132 Å². The Kier molecular flexibility index (Phi) is 5.28. The quantitative estimate of drug-likeness (QED) is 0.853. The van der Waals surface area contributed by atoms with Crippen molar-refractivity contribution in [3.8, 4) is 0 Å². The van der Waals surface area contributed by atoms with Crippen LogP contribution in [0.3, 0.4) is 0 Å². The Hall–Kier alpha value is -2.05. The van der Waals surface area contributed by atoms with Crippen LogP contribution in [0.25, 0.3) is 0 Å². The van der Waals surface area contributed by atoms with Crippen LogP contribution in [0.15, 0.2) is 24.3 Å². The Morgan fingerprint density at radius 2 is 1.52 bits per heavy atom. The largest absolute Gasteiger partial charge is 0.471 e. The Bertz CT molecular complexity index is 562. The van der Waals surface area contributed by atoms with E-state index in [1.165, 1.54) is 4.90 Å². The summed E-state index contributed by atoms with van der Waals surface area (Å²) in [7, 11) is 0. The van der Waals surface area contributed by atoms with Crippen molar-refractivity contribution in [3.05, 3.63) is 35.4 Å². The number of nitrogens with zero attached hydrogens (tertiary/aromatic N) is 2. The fourth-order valence-electron chi connectivity index (χ4n) is 2.50. The molecule has 2 rings (SSSR count). The summed E-state index contributed by atoms with van der Waals surface area (Å²) in [6.45, 7) is 2.13. The van der Waals surface area contributed by atoms with Gasteiger partial charge in [0, 0.05) is 32.6 Å². The van der Waals surface area contributed by atoms with Gasteiger partial charge in [0.15, 0.2) is 0 Å². The van der Waals surface area contributed by atoms with Crippen LogP contribution in [0.5, 0.6) is 0 Å². The minimum absolute atomic E-state index is 0.0748. The number of alkyl halides is 3. The SMILES string of the molecule is Cc1ccc(CCC(=O)N2CCN(C(=O)C(F)(F)F)CC2)cc1. The molecule has 0 bridgehead atoms. The summed E-state index contributed by atoms with van der Waals surface area (Å²) >= 11 is 0. The zero-order valence-corrected chi connectivity index (χ0v) is 12.9. The van der Waals surface area contributed by atoms with Gasteiger partial charge < -0.3 is 9.80 Å². The summed E-state index contributed by atoms with van der Waals surface area (Å²) in [5.41, 5.74) is 2.19. The van der Waals surface area contributed by atoms with Crippen LogP contribution in [0.2, 0.25) is 0 Å². The number of aryl methyl sites for hydroxylation is 2. The predicted octanol–water partition coefficient (Wildman–Crippen LogP) is 2.16. The highest BCUT2D eigenvalue weighted by Crippen LogP contribution is 2.19. The molecule has 7 heteroatoms. The number of hydrogen-bond donors (Lipinski definition) is 0. The summed E-state index contributed by atoms with van der Waals surface area (Å²) in [6, 6.07) is 7.87. The second kappa shape index (κ2) is 7.02. The highest BCUT2D eigenvalue weighted by atomic mass is 19.4. The molecule has 1 saturated heterocycles. The molecule has 0 aliphatic carbocycles. The molecule has 0 radical (unpaired) electrons. The van der Waals surface area contributed by atoms with Crippen molar-refractivity contribution in [2.75, 3.05) is 26.2 Å². The van der Waals surface area contributed by atoms with E-state index in [2.05, 4.69) is 0 Å². The number of rotatable bonds is 3. The fraction of sp³-hybridized carbons (Fsp3) is 0.500. The molecular formula is C16H19F3N2O2. The number of carbonyl (C=O) groups excluding carboxylic acids is 2. The molecular weight excluding hydrogens is 309 g/mol. The molecule has 1 fully saturated rings. The van der Waals surface area contributed by atoms with Crippen LogP contribution >= 0.6 is 0 Å². The van der Waals surface area contributed by atoms with Crippen LogP contribution in [0, 0.1) is 6.92 Å². The van der Waals surface area contributed by atoms with Gasteiger partial charge in [-0.1, -0.05) is 29.8 Å². The van der Waals surface area contributed by atoms with Crippen LogP contribution in [-0.2, 0) is 16.0 Å². The third-order valence-electron chi connectivity index (χ3n) is 3.91. The molecule has 0 unspecified atom stereocenters. The molecule has 0 atom stereocenters. The maximum Gasteiger partial charge on any atom is 0.471 e. The first-order valence-corrected chi connectivity index (χ1v) is 7.47. The number of hydrogen-bond acceptors (Lipinski definition) is 2. The summed E-state index contributed by atoms with van der Waals surface area (Å²) in [5.74, 6) is -1.92. The van der Waals surface area contributed by atoms with Gasteiger partial charge in [0.05, 0.1) is 0 Å². The highest BCUT2D eigenvalue weighted by Gasteiger charge is 2.43. The average Bonchev–Trinajstić information content (AvgIpc) is 2.52. The van der Waals surface area contributed by atoms with Crippen molar-refractivity contribution in [2.45, 2.75) is 25.9 Å². The van der Waals surface area contributed by atoms with E-state index in [0.717, 1.165) is 16.0 Å². The molecule has 23 heavy (non-hydrogen) atoms. The second-order valence-electron chi connectivity index (χ2n) is 5.66. The van der Waals surface area contributed by atoms with E-state index in [1.807, 2.05) is 31.2 Å². The summed E-state index contributed by atoms with van der Waals surface area (Å²) in [5, 5.41) is 0. The van der Waals surface area contributed by atoms with Gasteiger partial charge in [-0.3, -0.25) is 9.59 Å². The molecule has 126 valence electrons. The number of amides is 2. The van der Waals surface area contributed by atoms with E-state index >= 15 is 0 Å². The Balaban J connectivity index is 1.79. The van der Waals surface area contributed by atoms with Crippen molar-refractivity contribution in [3.63, 3.8) is 0 Å². The molecule has 1 aliphatic heterocycles. The standard InChI is InChI=1S/C16H19F3N2O2/c1-12-2-4-13(5-3-12)6-7-14(22)20-8-10-21(11-9-20)15(23)16(17,18)19/h2-5H,6-11H2,1H3. The third kappa shape index (κ3) is 4.71. The van der Waals surface area contributed by atoms with E-state index in [0.29, 0.717) is 12.8 Å². The number of benzene rings is 1. The lowest BCUT2D eigenvalue weighted by Crippen LogP contribution is -2.53. The van der Waals surface area contributed by atoms with Crippen molar-refractivity contribution >= 4 is 11.8 Å². The fourth-order valence-corrected chi connectivity index (χ4v) is 2.50. The zero-order chi connectivity index (χ0) is 17.0. The van der Waals surface area contributed by atoms with E-state index in [9.17, 15) is 22.8 Å². The maximum absolute atomic E-state index is 12.4. The van der Waals surface area contributed by atoms with Crippen molar-refractivity contribution < 1.29 is 22.8 Å². The monoisotopic (exact) mass is 328 g/mol. The number of carbonyl (C=O) groups is 2. The molecule has 1 heterocycles. The smallest absolute Gasteiger partial charge is 0.339 e. The van der Waals surface area contributed by atoms with E-state index < -0.39 is 12.1 Å². The number of piperazine rings is 1. The normalized spacial score (nSPS) is 15.7. The zero-order valence-electron chi connectivity index (χ0n) is 12.9. The Morgan fingerprint density at radius 1 is 1.00 bits per heavy atom. The molecule has 4 nitrogen and oxygen atoms in total. The van der Waals surface area contributed by atoms with Crippen molar-refractivity contribution in [1.82, 2.24) is 9.80 Å². The van der Waals surface area contributed by atoms with Crippen LogP contribution in [0.1, 0.15) is 17.5 Å². The predicted molar refractivity (Wildman–Crippen MR) is 78.7 cm³/mol. The van der Waals surface area contributed by atoms with Gasteiger partial charge in [0.1, 0.15) is 0 Å². The third-order valence-corrected chi connectivity index (χ3v) is 3.91. The molecule has 0 spiro atoms. The van der Waals surface area contributed by atoms with E-state index in [-0.39, 0.29) is 32.1 Å². The second-order valence-corrected chi connectivity index (χ2v) is 5.66.